The smallest absolute Gasteiger partial charge is 0.183 e. The summed E-state index contributed by atoms with van der Waals surface area (Å²) in [4.78, 5) is 6.32. The zero-order valence-electron chi connectivity index (χ0n) is 9.56. The lowest BCUT2D eigenvalue weighted by atomic mass is 10.3. The molecule has 0 spiro atoms. The molecule has 0 saturated heterocycles. The van der Waals surface area contributed by atoms with Crippen molar-refractivity contribution in [2.24, 2.45) is 4.99 Å². The van der Waals surface area contributed by atoms with Crippen LogP contribution in [0.3, 0.4) is 0 Å². The van der Waals surface area contributed by atoms with Crippen LogP contribution in [0, 0.1) is 11.5 Å². The lowest BCUT2D eigenvalue weighted by molar-refractivity contribution is 1.13. The van der Waals surface area contributed by atoms with Crippen LogP contribution in [-0.4, -0.2) is 25.5 Å². The molecule has 0 radical (unpaired) electrons. The first kappa shape index (κ1) is 12.4. The number of anilines is 1. The summed E-state index contributed by atoms with van der Waals surface area (Å²) in [5.74, 6) is 0. The van der Waals surface area contributed by atoms with Gasteiger partial charge in [-0.2, -0.15) is 5.26 Å². The van der Waals surface area contributed by atoms with Crippen molar-refractivity contribution in [1.82, 2.24) is 5.32 Å². The average molecular weight is 234 g/mol. The third-order valence-electron chi connectivity index (χ3n) is 1.95. The first-order valence-electron chi connectivity index (χ1n) is 4.72. The normalized spacial score (nSPS) is 10.8. The van der Waals surface area contributed by atoms with Crippen LogP contribution in [0.1, 0.15) is 0 Å². The molecule has 0 aliphatic carbocycles. The number of thioether (sulfide) groups is 1. The monoisotopic (exact) mass is 234 g/mol. The molecule has 0 saturated carbocycles. The van der Waals surface area contributed by atoms with Gasteiger partial charge < -0.3 is 4.90 Å². The van der Waals surface area contributed by atoms with Gasteiger partial charge in [0.2, 0.25) is 0 Å². The molecule has 0 amide bonds. The molecule has 5 heteroatoms. The highest BCUT2D eigenvalue weighted by Crippen LogP contribution is 2.18. The summed E-state index contributed by atoms with van der Waals surface area (Å²) >= 11 is 1.41. The second-order valence-corrected chi connectivity index (χ2v) is 4.06. The van der Waals surface area contributed by atoms with E-state index in [2.05, 4.69) is 10.3 Å². The molecule has 0 aliphatic rings. The fraction of sp³-hybridized carbons (Fsp3) is 0.273. The first-order chi connectivity index (χ1) is 7.67. The van der Waals surface area contributed by atoms with E-state index >= 15 is 0 Å². The summed E-state index contributed by atoms with van der Waals surface area (Å²) in [5.41, 5.74) is 1.95. The van der Waals surface area contributed by atoms with Gasteiger partial charge in [0.05, 0.1) is 5.69 Å². The van der Waals surface area contributed by atoms with Crippen LogP contribution in [-0.2, 0) is 0 Å². The summed E-state index contributed by atoms with van der Waals surface area (Å²) in [7, 11) is 3.98. The van der Waals surface area contributed by atoms with Gasteiger partial charge in [0.15, 0.2) is 11.4 Å². The Balaban J connectivity index is 2.86. The number of nitrogens with one attached hydrogen (secondary N) is 1. The van der Waals surface area contributed by atoms with Crippen molar-refractivity contribution < 1.29 is 0 Å². The van der Waals surface area contributed by atoms with Gasteiger partial charge in [0.1, 0.15) is 0 Å². The molecule has 0 fully saturated rings. The van der Waals surface area contributed by atoms with Crippen LogP contribution in [0.25, 0.3) is 0 Å². The Morgan fingerprint density at radius 2 is 2.00 bits per heavy atom. The molecule has 0 unspecified atom stereocenters. The third kappa shape index (κ3) is 3.48. The predicted molar refractivity (Wildman–Crippen MR) is 70.1 cm³/mol. The Hall–Kier alpha value is -1.67. The number of amidine groups is 1. The Kier molecular flexibility index (Phi) is 4.67. The number of nitrogens with zero attached hydrogens (tertiary/aromatic N) is 3. The molecule has 84 valence electrons. The quantitative estimate of drug-likeness (QED) is 0.369. The molecular formula is C11H14N4S. The van der Waals surface area contributed by atoms with Gasteiger partial charge in [-0.3, -0.25) is 5.32 Å². The van der Waals surface area contributed by atoms with Crippen molar-refractivity contribution in [3.63, 3.8) is 0 Å². The predicted octanol–water partition coefficient (Wildman–Crippen LogP) is 2.17. The zero-order chi connectivity index (χ0) is 12.0. The van der Waals surface area contributed by atoms with Crippen LogP contribution in [0.4, 0.5) is 11.4 Å². The van der Waals surface area contributed by atoms with Crippen molar-refractivity contribution in [2.75, 3.05) is 25.3 Å². The summed E-state index contributed by atoms with van der Waals surface area (Å²) in [5, 5.41) is 11.6. The number of benzene rings is 1. The van der Waals surface area contributed by atoms with E-state index in [1.54, 1.807) is 0 Å². The van der Waals surface area contributed by atoms with Crippen LogP contribution in [0.2, 0.25) is 0 Å². The highest BCUT2D eigenvalue weighted by molar-refractivity contribution is 8.13. The largest absolute Gasteiger partial charge is 0.378 e. The van der Waals surface area contributed by atoms with Gasteiger partial charge in [-0.25, -0.2) is 4.99 Å². The molecule has 1 N–H and O–H groups in total. The number of rotatable bonds is 2. The minimum Gasteiger partial charge on any atom is -0.378 e. The van der Waals surface area contributed by atoms with Crippen molar-refractivity contribution >= 4 is 28.3 Å². The number of aliphatic imine (C=N–C) groups is 1. The minimum absolute atomic E-state index is 0.597. The van der Waals surface area contributed by atoms with E-state index in [0.717, 1.165) is 11.4 Å². The molecule has 0 aliphatic heterocycles. The lowest BCUT2D eigenvalue weighted by Crippen LogP contribution is -2.12. The second kappa shape index (κ2) is 6.03. The Bertz CT molecular complexity index is 403. The number of nitriles is 1. The van der Waals surface area contributed by atoms with Crippen molar-refractivity contribution in [3.8, 4) is 6.19 Å². The fourth-order valence-electron chi connectivity index (χ4n) is 1.12. The average Bonchev–Trinajstić information content (AvgIpc) is 2.29. The molecule has 1 rings (SSSR count). The molecule has 1 aromatic carbocycles. The lowest BCUT2D eigenvalue weighted by Gasteiger charge is -2.11. The van der Waals surface area contributed by atoms with Crippen LogP contribution >= 0.6 is 11.8 Å². The van der Waals surface area contributed by atoms with Crippen LogP contribution in [0.15, 0.2) is 29.3 Å². The molecule has 0 bridgehead atoms. The van der Waals surface area contributed by atoms with Crippen molar-refractivity contribution in [1.29, 1.82) is 5.26 Å². The maximum absolute atomic E-state index is 8.50. The van der Waals surface area contributed by atoms with E-state index in [1.807, 2.05) is 55.7 Å². The van der Waals surface area contributed by atoms with Gasteiger partial charge >= 0.3 is 0 Å². The van der Waals surface area contributed by atoms with E-state index in [1.165, 1.54) is 11.8 Å². The second-order valence-electron chi connectivity index (χ2n) is 3.27. The molecular weight excluding hydrogens is 220 g/mol. The van der Waals surface area contributed by atoms with Gasteiger partial charge in [0.25, 0.3) is 0 Å². The fourth-order valence-corrected chi connectivity index (χ4v) is 1.46. The van der Waals surface area contributed by atoms with E-state index in [0.29, 0.717) is 5.17 Å². The zero-order valence-corrected chi connectivity index (χ0v) is 10.4. The summed E-state index contributed by atoms with van der Waals surface area (Å²) in [6.07, 6.45) is 3.73. The van der Waals surface area contributed by atoms with Gasteiger partial charge in [-0.15, -0.1) is 0 Å². The molecule has 4 nitrogen and oxygen atoms in total. The van der Waals surface area contributed by atoms with Crippen molar-refractivity contribution in [3.05, 3.63) is 24.3 Å². The molecule has 0 aromatic heterocycles. The van der Waals surface area contributed by atoms with E-state index < -0.39 is 0 Å². The topological polar surface area (TPSA) is 51.4 Å². The maximum Gasteiger partial charge on any atom is 0.183 e. The van der Waals surface area contributed by atoms with Crippen molar-refractivity contribution in [2.45, 2.75) is 0 Å². The molecule has 0 heterocycles. The van der Waals surface area contributed by atoms with Gasteiger partial charge in [-0.05, 0) is 30.5 Å². The Morgan fingerprint density at radius 3 is 2.44 bits per heavy atom. The van der Waals surface area contributed by atoms with E-state index in [4.69, 9.17) is 5.26 Å². The number of hydrogen-bond acceptors (Lipinski definition) is 4. The third-order valence-corrected chi connectivity index (χ3v) is 2.53. The van der Waals surface area contributed by atoms with Crippen LogP contribution in [0.5, 0.6) is 0 Å². The van der Waals surface area contributed by atoms with Gasteiger partial charge in [-0.1, -0.05) is 11.8 Å². The number of hydrogen-bond donors (Lipinski definition) is 1. The molecule has 1 aromatic rings. The van der Waals surface area contributed by atoms with E-state index in [-0.39, 0.29) is 0 Å². The Labute approximate surface area is 100.0 Å². The minimum atomic E-state index is 0.597. The van der Waals surface area contributed by atoms with Crippen LogP contribution < -0.4 is 10.2 Å². The summed E-state index contributed by atoms with van der Waals surface area (Å²) in [6, 6.07) is 7.82. The SMILES string of the molecule is CSC(=Nc1ccc(N(C)C)cc1)NC#N. The first-order valence-corrected chi connectivity index (χ1v) is 5.95. The summed E-state index contributed by atoms with van der Waals surface area (Å²) < 4.78 is 0. The maximum atomic E-state index is 8.50. The summed E-state index contributed by atoms with van der Waals surface area (Å²) in [6.45, 7) is 0. The molecule has 0 atom stereocenters. The molecule has 16 heavy (non-hydrogen) atoms. The standard InChI is InChI=1S/C11H14N4S/c1-15(2)10-6-4-9(5-7-10)14-11(16-3)13-8-12/h4-7H,1-3H3,(H,13,14). The highest BCUT2D eigenvalue weighted by Gasteiger charge is 1.97. The van der Waals surface area contributed by atoms with Gasteiger partial charge in [0, 0.05) is 19.8 Å². The Morgan fingerprint density at radius 1 is 1.38 bits per heavy atom. The highest BCUT2D eigenvalue weighted by atomic mass is 32.2. The van der Waals surface area contributed by atoms with E-state index in [9.17, 15) is 0 Å².